The average molecular weight is 570 g/mol. The van der Waals surface area contributed by atoms with Gasteiger partial charge in [-0.25, -0.2) is 0 Å². The van der Waals surface area contributed by atoms with Gasteiger partial charge in [0, 0.05) is 34.9 Å². The molecule has 1 saturated heterocycles. The Bertz CT molecular complexity index is 1350. The lowest BCUT2D eigenvalue weighted by Gasteiger charge is -2.37. The summed E-state index contributed by atoms with van der Waals surface area (Å²) in [6.07, 6.45) is -1.70. The molecule has 2 aromatic carbocycles. The van der Waals surface area contributed by atoms with Crippen molar-refractivity contribution in [2.75, 3.05) is 17.2 Å². The van der Waals surface area contributed by atoms with Gasteiger partial charge in [0.2, 0.25) is 14.3 Å². The quantitative estimate of drug-likeness (QED) is 0.313. The van der Waals surface area contributed by atoms with Crippen LogP contribution in [0.2, 0.25) is 18.6 Å². The fourth-order valence-electron chi connectivity index (χ4n) is 6.72. The van der Waals surface area contributed by atoms with Crippen LogP contribution in [0.25, 0.3) is 0 Å². The van der Waals surface area contributed by atoms with Crippen LogP contribution >= 0.6 is 0 Å². The molecular weight excluding hydrogens is 533 g/mol. The zero-order chi connectivity index (χ0) is 29.0. The standard InChI is InChI=1S/C29H36FN3O6Si/c1-16-26(40(3,4)30)24(13-25(36)33-14-19-8-6-5-7-18(19)11-21(33)15-34)39-29(16)22-12-20(31-27(37)17(2)35)9-10-23(22)32-28(29)38/h5-10,12,16-17,21,24,26,34-35H,11,13-15H2,1-4H3,(H,31,37)(H,32,38)/t16-,17-,21-,24+,26-,29+/m0/s1. The first kappa shape index (κ1) is 28.4. The zero-order valence-corrected chi connectivity index (χ0v) is 24.1. The Morgan fingerprint density at radius 2 is 1.95 bits per heavy atom. The number of fused-ring (bicyclic) bond motifs is 3. The highest BCUT2D eigenvalue weighted by molar-refractivity contribution is 6.72. The van der Waals surface area contributed by atoms with E-state index >= 15 is 4.11 Å². The summed E-state index contributed by atoms with van der Waals surface area (Å²) in [5, 5.41) is 25.2. The number of nitrogens with one attached hydrogen (secondary N) is 2. The van der Waals surface area contributed by atoms with E-state index in [1.165, 1.54) is 6.92 Å². The van der Waals surface area contributed by atoms with Crippen LogP contribution in [0.15, 0.2) is 42.5 Å². The summed E-state index contributed by atoms with van der Waals surface area (Å²) in [6.45, 7) is 6.40. The number of hydrogen-bond acceptors (Lipinski definition) is 6. The number of rotatable bonds is 6. The van der Waals surface area contributed by atoms with Crippen LogP contribution in [0, 0.1) is 5.92 Å². The maximum atomic E-state index is 16.0. The molecule has 3 heterocycles. The number of carbonyl (C=O) groups is 3. The molecule has 0 radical (unpaired) electrons. The van der Waals surface area contributed by atoms with Crippen LogP contribution in [-0.4, -0.2) is 66.1 Å². The van der Waals surface area contributed by atoms with Gasteiger partial charge in [-0.15, -0.1) is 0 Å². The molecule has 3 aliphatic rings. The number of hydrogen-bond donors (Lipinski definition) is 4. The molecule has 6 atom stereocenters. The highest BCUT2D eigenvalue weighted by Crippen LogP contribution is 2.59. The second kappa shape index (κ2) is 10.4. The Balaban J connectivity index is 1.47. The molecule has 0 aliphatic carbocycles. The Kier molecular flexibility index (Phi) is 7.36. The predicted molar refractivity (Wildman–Crippen MR) is 150 cm³/mol. The van der Waals surface area contributed by atoms with Crippen molar-refractivity contribution in [3.8, 4) is 0 Å². The second-order valence-corrected chi connectivity index (χ2v) is 15.5. The predicted octanol–water partition coefficient (Wildman–Crippen LogP) is 3.07. The van der Waals surface area contributed by atoms with E-state index in [9.17, 15) is 24.6 Å². The molecule has 3 aliphatic heterocycles. The van der Waals surface area contributed by atoms with Crippen molar-refractivity contribution < 1.29 is 33.4 Å². The summed E-state index contributed by atoms with van der Waals surface area (Å²) in [5.41, 5.74) is 1.19. The Morgan fingerprint density at radius 1 is 1.25 bits per heavy atom. The van der Waals surface area contributed by atoms with Crippen molar-refractivity contribution in [3.05, 3.63) is 59.2 Å². The molecule has 0 unspecified atom stereocenters. The molecule has 1 fully saturated rings. The molecule has 214 valence electrons. The summed E-state index contributed by atoms with van der Waals surface area (Å²) >= 11 is 0. The van der Waals surface area contributed by atoms with Gasteiger partial charge in [0.25, 0.3) is 11.8 Å². The lowest BCUT2D eigenvalue weighted by Crippen LogP contribution is -2.48. The van der Waals surface area contributed by atoms with E-state index in [4.69, 9.17) is 4.74 Å². The van der Waals surface area contributed by atoms with Crippen molar-refractivity contribution in [1.82, 2.24) is 4.90 Å². The molecule has 11 heteroatoms. The number of nitrogens with zero attached hydrogens (tertiary/aromatic N) is 1. The van der Waals surface area contributed by atoms with E-state index in [2.05, 4.69) is 10.6 Å². The van der Waals surface area contributed by atoms with Gasteiger partial charge in [-0.2, -0.15) is 0 Å². The summed E-state index contributed by atoms with van der Waals surface area (Å²) in [4.78, 5) is 41.0. The first-order chi connectivity index (χ1) is 18.9. The van der Waals surface area contributed by atoms with Gasteiger partial charge >= 0.3 is 0 Å². The van der Waals surface area contributed by atoms with E-state index in [0.717, 1.165) is 11.1 Å². The SMILES string of the molecule is C[C@H](O)C(=O)Nc1ccc2c(c1)[C@@]1(O[C@H](CC(=O)N3Cc4ccccc4C[C@H]3CO)[C@@H]([Si](C)(C)F)[C@@H]1C)C(=O)N2. The number of anilines is 2. The first-order valence-corrected chi connectivity index (χ1v) is 16.6. The molecule has 3 amide bonds. The van der Waals surface area contributed by atoms with Gasteiger partial charge in [-0.05, 0) is 55.8 Å². The van der Waals surface area contributed by atoms with Crippen LogP contribution < -0.4 is 10.6 Å². The maximum Gasteiger partial charge on any atom is 0.261 e. The molecule has 5 rings (SSSR count). The third-order valence-electron chi connectivity index (χ3n) is 8.62. The Hall–Kier alpha value is -3.12. The molecule has 40 heavy (non-hydrogen) atoms. The summed E-state index contributed by atoms with van der Waals surface area (Å²) in [6, 6.07) is 12.2. The molecule has 0 bridgehead atoms. The van der Waals surface area contributed by atoms with Crippen LogP contribution in [0.1, 0.15) is 37.0 Å². The summed E-state index contributed by atoms with van der Waals surface area (Å²) in [5.74, 6) is -1.90. The fourth-order valence-corrected chi connectivity index (χ4v) is 9.22. The largest absolute Gasteiger partial charge is 0.394 e. The lowest BCUT2D eigenvalue weighted by molar-refractivity contribution is -0.149. The van der Waals surface area contributed by atoms with Gasteiger partial charge in [0.15, 0.2) is 5.60 Å². The van der Waals surface area contributed by atoms with Crippen LogP contribution in [0.5, 0.6) is 0 Å². The molecule has 2 aromatic rings. The number of amides is 3. The number of aliphatic hydroxyl groups excluding tert-OH is 2. The van der Waals surface area contributed by atoms with Crippen molar-refractivity contribution in [1.29, 1.82) is 0 Å². The van der Waals surface area contributed by atoms with E-state index < -0.39 is 55.5 Å². The second-order valence-electron chi connectivity index (χ2n) is 11.7. The molecule has 0 saturated carbocycles. The minimum absolute atomic E-state index is 0.128. The lowest BCUT2D eigenvalue weighted by atomic mass is 9.82. The third-order valence-corrected chi connectivity index (χ3v) is 11.1. The number of ether oxygens (including phenoxy) is 1. The van der Waals surface area contributed by atoms with Crippen molar-refractivity contribution >= 4 is 37.5 Å². The van der Waals surface area contributed by atoms with Gasteiger partial charge in [-0.3, -0.25) is 14.4 Å². The molecule has 1 spiro atoms. The minimum Gasteiger partial charge on any atom is -0.394 e. The van der Waals surface area contributed by atoms with Crippen LogP contribution in [-0.2, 0) is 37.7 Å². The number of carbonyl (C=O) groups excluding carboxylic acids is 3. The third kappa shape index (κ3) is 4.74. The Labute approximate surface area is 233 Å². The fraction of sp³-hybridized carbons (Fsp3) is 0.483. The van der Waals surface area contributed by atoms with Crippen molar-refractivity contribution in [2.24, 2.45) is 5.92 Å². The first-order valence-electron chi connectivity index (χ1n) is 13.7. The van der Waals surface area contributed by atoms with Gasteiger partial charge in [-0.1, -0.05) is 31.2 Å². The maximum absolute atomic E-state index is 16.0. The minimum atomic E-state index is -3.48. The van der Waals surface area contributed by atoms with Gasteiger partial charge < -0.3 is 34.6 Å². The van der Waals surface area contributed by atoms with Crippen LogP contribution in [0.4, 0.5) is 15.5 Å². The van der Waals surface area contributed by atoms with E-state index in [-0.39, 0.29) is 18.9 Å². The van der Waals surface area contributed by atoms with E-state index in [1.54, 1.807) is 43.1 Å². The normalized spacial score (nSPS) is 28.2. The zero-order valence-electron chi connectivity index (χ0n) is 23.1. The van der Waals surface area contributed by atoms with Gasteiger partial charge in [0.1, 0.15) is 6.10 Å². The number of aliphatic hydroxyl groups is 2. The highest BCUT2D eigenvalue weighted by Gasteiger charge is 2.65. The molecule has 4 N–H and O–H groups in total. The van der Waals surface area contributed by atoms with Gasteiger partial charge in [0.05, 0.1) is 25.2 Å². The highest BCUT2D eigenvalue weighted by atomic mass is 28.4. The molecular formula is C29H36FN3O6Si. The molecule has 9 nitrogen and oxygen atoms in total. The summed E-state index contributed by atoms with van der Waals surface area (Å²) < 4.78 is 22.5. The number of halogens is 1. The van der Waals surface area contributed by atoms with Crippen molar-refractivity contribution in [3.63, 3.8) is 0 Å². The topological polar surface area (TPSA) is 128 Å². The van der Waals surface area contributed by atoms with Crippen molar-refractivity contribution in [2.45, 2.75) is 75.7 Å². The van der Waals surface area contributed by atoms with E-state index in [0.29, 0.717) is 29.9 Å². The van der Waals surface area contributed by atoms with Crippen LogP contribution in [0.3, 0.4) is 0 Å². The smallest absolute Gasteiger partial charge is 0.261 e. The summed E-state index contributed by atoms with van der Waals surface area (Å²) in [7, 11) is -3.48. The number of benzene rings is 2. The molecule has 0 aromatic heterocycles. The average Bonchev–Trinajstić information content (AvgIpc) is 3.35. The Morgan fingerprint density at radius 3 is 2.60 bits per heavy atom. The monoisotopic (exact) mass is 569 g/mol. The van der Waals surface area contributed by atoms with E-state index in [1.807, 2.05) is 24.3 Å².